The van der Waals surface area contributed by atoms with Gasteiger partial charge in [0.05, 0.1) is 12.0 Å². The van der Waals surface area contributed by atoms with Crippen LogP contribution in [0.5, 0.6) is 0 Å². The molecule has 0 aromatic heterocycles. The number of aliphatic carboxylic acids is 1. The number of hydrogen-bond acceptors (Lipinski definition) is 4. The molecule has 6 nitrogen and oxygen atoms in total. The second kappa shape index (κ2) is 5.70. The number of amides is 2. The van der Waals surface area contributed by atoms with Crippen LogP contribution in [0, 0.1) is 5.92 Å². The normalized spacial score (nSPS) is 24.9. The van der Waals surface area contributed by atoms with Crippen molar-refractivity contribution in [1.82, 2.24) is 10.2 Å². The molecule has 1 fully saturated rings. The Morgan fingerprint density at radius 3 is 2.80 bits per heavy atom. The van der Waals surface area contributed by atoms with Crippen molar-refractivity contribution in [3.05, 3.63) is 22.2 Å². The molecule has 7 heteroatoms. The van der Waals surface area contributed by atoms with Crippen LogP contribution in [0.15, 0.2) is 22.2 Å². The van der Waals surface area contributed by atoms with Crippen LogP contribution >= 0.6 is 11.8 Å². The van der Waals surface area contributed by atoms with Crippen molar-refractivity contribution in [2.45, 2.75) is 32.7 Å². The Balaban J connectivity index is 2.11. The van der Waals surface area contributed by atoms with E-state index in [1.807, 2.05) is 6.92 Å². The van der Waals surface area contributed by atoms with E-state index in [1.54, 1.807) is 5.41 Å². The van der Waals surface area contributed by atoms with Gasteiger partial charge < -0.3 is 15.3 Å². The maximum absolute atomic E-state index is 11.9. The predicted molar refractivity (Wildman–Crippen MR) is 74.2 cm³/mol. The highest BCUT2D eigenvalue weighted by Gasteiger charge is 2.54. The molecule has 0 bridgehead atoms. The van der Waals surface area contributed by atoms with Crippen LogP contribution in [0.2, 0.25) is 0 Å². The van der Waals surface area contributed by atoms with Crippen LogP contribution in [0.4, 0.5) is 0 Å². The first-order valence-corrected chi connectivity index (χ1v) is 7.23. The molecule has 0 aromatic carbocycles. The van der Waals surface area contributed by atoms with Gasteiger partial charge in [0.15, 0.2) is 0 Å². The van der Waals surface area contributed by atoms with Gasteiger partial charge in [0.2, 0.25) is 11.8 Å². The van der Waals surface area contributed by atoms with Crippen molar-refractivity contribution in [2.75, 3.05) is 0 Å². The molecule has 0 saturated carbocycles. The number of carbonyl (C=O) groups is 3. The summed E-state index contributed by atoms with van der Waals surface area (Å²) in [6, 6.07) is -0.0183. The van der Waals surface area contributed by atoms with Crippen LogP contribution in [-0.2, 0) is 14.4 Å². The van der Waals surface area contributed by atoms with Gasteiger partial charge in [-0.1, -0.05) is 18.7 Å². The fraction of sp³-hybridized carbons (Fsp3) is 0.462. The molecule has 0 aromatic rings. The summed E-state index contributed by atoms with van der Waals surface area (Å²) in [5, 5.41) is 13.4. The number of rotatable bonds is 5. The number of nitrogens with zero attached hydrogens (tertiary/aromatic N) is 1. The van der Waals surface area contributed by atoms with Gasteiger partial charge in [-0.15, -0.1) is 0 Å². The van der Waals surface area contributed by atoms with Gasteiger partial charge in [0, 0.05) is 24.4 Å². The third kappa shape index (κ3) is 2.45. The second-order valence-corrected chi connectivity index (χ2v) is 5.69. The summed E-state index contributed by atoms with van der Waals surface area (Å²) in [6.07, 6.45) is 2.77. The Hall–Kier alpha value is -1.76. The summed E-state index contributed by atoms with van der Waals surface area (Å²) in [5.74, 6) is -1.44. The summed E-state index contributed by atoms with van der Waals surface area (Å²) < 4.78 is 0. The van der Waals surface area contributed by atoms with Crippen molar-refractivity contribution in [2.24, 2.45) is 5.92 Å². The SMILES string of the molecule is CC[C@@H]1C(=O)N2C(C(=O)O)=C(S/C=C/NC(C)=O)C[C@@H]12. The number of carboxylic acid groups (broad SMARTS) is 1. The quantitative estimate of drug-likeness (QED) is 0.746. The van der Waals surface area contributed by atoms with Crippen LogP contribution in [0.1, 0.15) is 26.7 Å². The predicted octanol–water partition coefficient (Wildman–Crippen LogP) is 1.26. The van der Waals surface area contributed by atoms with Crippen molar-refractivity contribution < 1.29 is 19.5 Å². The molecule has 0 aliphatic carbocycles. The fourth-order valence-electron chi connectivity index (χ4n) is 2.58. The lowest BCUT2D eigenvalue weighted by Gasteiger charge is -2.42. The van der Waals surface area contributed by atoms with E-state index in [0.717, 1.165) is 6.42 Å². The van der Waals surface area contributed by atoms with E-state index >= 15 is 0 Å². The number of nitrogens with one attached hydrogen (secondary N) is 1. The first-order chi connectivity index (χ1) is 9.47. The minimum absolute atomic E-state index is 0.0183. The smallest absolute Gasteiger partial charge is 0.353 e. The molecule has 2 atom stereocenters. The lowest BCUT2D eigenvalue weighted by Crippen LogP contribution is -2.58. The van der Waals surface area contributed by atoms with E-state index in [0.29, 0.717) is 11.3 Å². The van der Waals surface area contributed by atoms with Gasteiger partial charge in [0.1, 0.15) is 5.70 Å². The number of carbonyl (C=O) groups excluding carboxylic acids is 2. The van der Waals surface area contributed by atoms with Gasteiger partial charge in [0.25, 0.3) is 0 Å². The Kier molecular flexibility index (Phi) is 4.17. The molecule has 2 aliphatic heterocycles. The van der Waals surface area contributed by atoms with Gasteiger partial charge in [-0.05, 0) is 11.8 Å². The molecule has 2 N–H and O–H groups in total. The molecular formula is C13H16N2O4S. The van der Waals surface area contributed by atoms with E-state index in [-0.39, 0.29) is 29.5 Å². The molecule has 20 heavy (non-hydrogen) atoms. The molecule has 108 valence electrons. The summed E-state index contributed by atoms with van der Waals surface area (Å²) >= 11 is 1.23. The Morgan fingerprint density at radius 1 is 1.55 bits per heavy atom. The highest BCUT2D eigenvalue weighted by atomic mass is 32.2. The largest absolute Gasteiger partial charge is 0.477 e. The summed E-state index contributed by atoms with van der Waals surface area (Å²) in [5.41, 5.74) is 0.0853. The van der Waals surface area contributed by atoms with Gasteiger partial charge in [-0.25, -0.2) is 4.79 Å². The van der Waals surface area contributed by atoms with Gasteiger partial charge in [-0.2, -0.15) is 0 Å². The summed E-state index contributed by atoms with van der Waals surface area (Å²) in [6.45, 7) is 3.32. The zero-order valence-corrected chi connectivity index (χ0v) is 12.1. The zero-order valence-electron chi connectivity index (χ0n) is 11.3. The number of β-lactam (4-membered cyclic amide) rings is 1. The maximum atomic E-state index is 11.9. The van der Waals surface area contributed by atoms with Crippen LogP contribution in [0.25, 0.3) is 0 Å². The van der Waals surface area contributed by atoms with E-state index < -0.39 is 5.97 Å². The molecule has 2 aliphatic rings. The van der Waals surface area contributed by atoms with E-state index in [9.17, 15) is 19.5 Å². The van der Waals surface area contributed by atoms with Crippen molar-refractivity contribution in [3.8, 4) is 0 Å². The Labute approximate surface area is 120 Å². The minimum atomic E-state index is -1.08. The molecule has 0 unspecified atom stereocenters. The average Bonchev–Trinajstić information content (AvgIpc) is 2.70. The average molecular weight is 296 g/mol. The first-order valence-electron chi connectivity index (χ1n) is 6.35. The molecule has 0 radical (unpaired) electrons. The zero-order chi connectivity index (χ0) is 14.9. The highest BCUT2D eigenvalue weighted by molar-refractivity contribution is 8.05. The van der Waals surface area contributed by atoms with E-state index in [1.165, 1.54) is 29.8 Å². The molecule has 2 rings (SSSR count). The van der Waals surface area contributed by atoms with Crippen molar-refractivity contribution in [3.63, 3.8) is 0 Å². The maximum Gasteiger partial charge on any atom is 0.353 e. The highest BCUT2D eigenvalue weighted by Crippen LogP contribution is 2.47. The first kappa shape index (κ1) is 14.6. The van der Waals surface area contributed by atoms with Crippen LogP contribution in [0.3, 0.4) is 0 Å². The van der Waals surface area contributed by atoms with Crippen LogP contribution in [-0.4, -0.2) is 33.8 Å². The number of thioether (sulfide) groups is 1. The Morgan fingerprint density at radius 2 is 2.25 bits per heavy atom. The molecule has 1 saturated heterocycles. The third-order valence-electron chi connectivity index (χ3n) is 3.46. The third-order valence-corrected chi connectivity index (χ3v) is 4.37. The Bertz CT molecular complexity index is 526. The lowest BCUT2D eigenvalue weighted by molar-refractivity contribution is -0.155. The molecule has 2 amide bonds. The number of carboxylic acids is 1. The standard InChI is InChI=1S/C13H16N2O4S/c1-3-8-9-6-10(20-5-4-14-7(2)16)11(13(18)19)15(9)12(8)17/h4-5,8-9H,3,6H2,1-2H3,(H,14,16)(H,18,19)/b5-4+/t8-,9-/m0/s1. The number of fused-ring (bicyclic) bond motifs is 1. The van der Waals surface area contributed by atoms with Crippen LogP contribution < -0.4 is 5.32 Å². The molecule has 2 heterocycles. The molecular weight excluding hydrogens is 280 g/mol. The van der Waals surface area contributed by atoms with Gasteiger partial charge in [-0.3, -0.25) is 9.59 Å². The molecule has 0 spiro atoms. The minimum Gasteiger partial charge on any atom is -0.477 e. The van der Waals surface area contributed by atoms with Crippen molar-refractivity contribution >= 4 is 29.5 Å². The van der Waals surface area contributed by atoms with Crippen molar-refractivity contribution in [1.29, 1.82) is 0 Å². The lowest BCUT2D eigenvalue weighted by atomic mass is 9.85. The summed E-state index contributed by atoms with van der Waals surface area (Å²) in [4.78, 5) is 36.0. The monoisotopic (exact) mass is 296 g/mol. The van der Waals surface area contributed by atoms with E-state index in [2.05, 4.69) is 5.32 Å². The van der Waals surface area contributed by atoms with Gasteiger partial charge >= 0.3 is 5.97 Å². The van der Waals surface area contributed by atoms with E-state index in [4.69, 9.17) is 0 Å². The summed E-state index contributed by atoms with van der Waals surface area (Å²) in [7, 11) is 0. The topological polar surface area (TPSA) is 86.7 Å². The second-order valence-electron chi connectivity index (χ2n) is 4.69. The fourth-order valence-corrected chi connectivity index (χ4v) is 3.44. The number of hydrogen-bond donors (Lipinski definition) is 2.